The standard InChI is InChI=1S/C27H41ClN4O5.C19H35N3O3.C8H8ClNO3/c1-35-23-15-21(29)20(28)14-19(23)27(34)30-22-9-13-31(17-25(22)36-2)10-5-3-4-6-26(33)37-24-16-32-11-7-18(24)8-12-32;1-24-18-14-21(12-8-16(18)20)9-4-2-3-5-19(23)25-17-13-22-10-6-15(17)7-11-22;1-13-7-3-6(10)5(9)2-4(7)8(11)12/h14-15,18,22,24-25H,3-13,16-17,29H2,1-2H3,(H,30,34);15-18H,2-14,20H2,1H3;2-3H,10H2,1H3,(H,11,12). The number of carbonyl (C=O) groups is 4. The van der Waals surface area contributed by atoms with Crippen LogP contribution in [0.3, 0.4) is 0 Å². The van der Waals surface area contributed by atoms with E-state index in [1.165, 1.54) is 58.3 Å². The van der Waals surface area contributed by atoms with Crippen molar-refractivity contribution in [2.24, 2.45) is 17.6 Å². The van der Waals surface area contributed by atoms with E-state index in [0.717, 1.165) is 130 Å². The van der Waals surface area contributed by atoms with Crippen LogP contribution < -0.4 is 32.0 Å². The number of fused-ring (bicyclic) bond motifs is 6. The molecule has 6 atom stereocenters. The van der Waals surface area contributed by atoms with Crippen LogP contribution in [0.25, 0.3) is 0 Å². The van der Waals surface area contributed by atoms with E-state index < -0.39 is 5.97 Å². The molecule has 8 saturated heterocycles. The maximum Gasteiger partial charge on any atom is 0.339 e. The number of unbranched alkanes of at least 4 members (excludes halogenated alkanes) is 4. The molecule has 0 saturated carbocycles. The number of nitrogens with one attached hydrogen (secondary N) is 1. The van der Waals surface area contributed by atoms with Gasteiger partial charge in [-0.1, -0.05) is 36.0 Å². The van der Waals surface area contributed by atoms with Crippen molar-refractivity contribution in [1.29, 1.82) is 0 Å². The van der Waals surface area contributed by atoms with Crippen LogP contribution in [0.5, 0.6) is 11.5 Å². The van der Waals surface area contributed by atoms with Crippen molar-refractivity contribution in [1.82, 2.24) is 24.9 Å². The highest BCUT2D eigenvalue weighted by molar-refractivity contribution is 6.34. The molecule has 4 bridgehead atoms. The smallest absolute Gasteiger partial charge is 0.339 e. The van der Waals surface area contributed by atoms with Gasteiger partial charge in [0.05, 0.1) is 59.5 Å². The van der Waals surface area contributed by atoms with E-state index in [0.29, 0.717) is 52.4 Å². The van der Waals surface area contributed by atoms with Gasteiger partial charge in [-0.3, -0.25) is 24.2 Å². The van der Waals surface area contributed by atoms with Crippen molar-refractivity contribution in [2.75, 3.05) is 118 Å². The fourth-order valence-electron chi connectivity index (χ4n) is 11.2. The molecule has 8 N–H and O–H groups in total. The number of carboxylic acids is 1. The zero-order valence-electron chi connectivity index (χ0n) is 44.6. The van der Waals surface area contributed by atoms with Gasteiger partial charge in [0.25, 0.3) is 5.91 Å². The molecule has 2 aromatic rings. The number of halogens is 2. The van der Waals surface area contributed by atoms with Crippen LogP contribution in [0, 0.1) is 11.8 Å². The molecule has 0 spiro atoms. The Morgan fingerprint density at radius 1 is 0.587 bits per heavy atom. The van der Waals surface area contributed by atoms with Gasteiger partial charge >= 0.3 is 17.9 Å². The molecule has 8 fully saturated rings. The number of likely N-dealkylation sites (tertiary alicyclic amines) is 2. The van der Waals surface area contributed by atoms with Gasteiger partial charge < -0.3 is 65.8 Å². The van der Waals surface area contributed by atoms with Crippen molar-refractivity contribution in [3.8, 4) is 11.5 Å². The van der Waals surface area contributed by atoms with Gasteiger partial charge in [0.1, 0.15) is 29.3 Å². The molecule has 1 amide bonds. The van der Waals surface area contributed by atoms with Crippen LogP contribution in [-0.2, 0) is 28.5 Å². The van der Waals surface area contributed by atoms with Crippen LogP contribution in [0.1, 0.15) is 111 Å². The molecule has 420 valence electrons. The van der Waals surface area contributed by atoms with Crippen molar-refractivity contribution >= 4 is 58.4 Å². The predicted octanol–water partition coefficient (Wildman–Crippen LogP) is 5.81. The van der Waals surface area contributed by atoms with Crippen LogP contribution in [0.15, 0.2) is 24.3 Å². The first-order valence-electron chi connectivity index (χ1n) is 27.0. The quantitative estimate of drug-likeness (QED) is 0.0562. The molecular weight excluding hydrogens is 1010 g/mol. The molecule has 8 aliphatic rings. The largest absolute Gasteiger partial charge is 0.496 e. The maximum absolute atomic E-state index is 13.0. The Morgan fingerprint density at radius 3 is 1.48 bits per heavy atom. The number of anilines is 2. The first-order chi connectivity index (χ1) is 36.1. The first-order valence-corrected chi connectivity index (χ1v) is 27.7. The third-order valence-electron chi connectivity index (χ3n) is 15.8. The summed E-state index contributed by atoms with van der Waals surface area (Å²) in [7, 11) is 6.29. The highest BCUT2D eigenvalue weighted by Crippen LogP contribution is 2.33. The van der Waals surface area contributed by atoms with E-state index in [2.05, 4.69) is 24.9 Å². The minimum absolute atomic E-state index is 0.00157. The minimum Gasteiger partial charge on any atom is -0.496 e. The number of rotatable bonds is 21. The average Bonchev–Trinajstić information content (AvgIpc) is 3.41. The van der Waals surface area contributed by atoms with Crippen LogP contribution >= 0.6 is 23.2 Å². The number of piperidine rings is 8. The number of hydrogen-bond donors (Lipinski definition) is 5. The Hall–Kier alpha value is -4.18. The van der Waals surface area contributed by atoms with Gasteiger partial charge in [0.2, 0.25) is 0 Å². The summed E-state index contributed by atoms with van der Waals surface area (Å²) in [6, 6.07) is 5.79. The second kappa shape index (κ2) is 30.1. The van der Waals surface area contributed by atoms with E-state index >= 15 is 0 Å². The van der Waals surface area contributed by atoms with Gasteiger partial charge in [-0.25, -0.2) is 4.79 Å². The number of ether oxygens (including phenoxy) is 6. The Balaban J connectivity index is 0.000000206. The number of aromatic carboxylic acids is 1. The summed E-state index contributed by atoms with van der Waals surface area (Å²) in [6.45, 7) is 12.1. The van der Waals surface area contributed by atoms with Crippen LogP contribution in [-0.4, -0.2) is 192 Å². The summed E-state index contributed by atoms with van der Waals surface area (Å²) in [4.78, 5) is 57.7. The molecule has 6 unspecified atom stereocenters. The predicted molar refractivity (Wildman–Crippen MR) is 290 cm³/mol. The fraction of sp³-hybridized carbons (Fsp3) is 0.704. The van der Waals surface area contributed by atoms with Crippen molar-refractivity contribution in [2.45, 2.75) is 126 Å². The van der Waals surface area contributed by atoms with Gasteiger partial charge in [-0.15, -0.1) is 0 Å². The summed E-state index contributed by atoms with van der Waals surface area (Å²) in [5.74, 6) is 0.349. The molecule has 0 aromatic heterocycles. The first kappa shape index (κ1) is 60.1. The second-order valence-electron chi connectivity index (χ2n) is 20.9. The summed E-state index contributed by atoms with van der Waals surface area (Å²) in [5.41, 5.74) is 18.4. The molecule has 10 rings (SSSR count). The molecule has 21 heteroatoms. The molecule has 8 heterocycles. The number of amides is 1. The van der Waals surface area contributed by atoms with Crippen molar-refractivity contribution in [3.63, 3.8) is 0 Å². The monoisotopic (exact) mass is 1090 g/mol. The van der Waals surface area contributed by atoms with Gasteiger partial charge in [0.15, 0.2) is 0 Å². The van der Waals surface area contributed by atoms with Crippen molar-refractivity contribution < 1.29 is 52.7 Å². The van der Waals surface area contributed by atoms with E-state index in [9.17, 15) is 19.2 Å². The molecule has 2 aromatic carbocycles. The zero-order chi connectivity index (χ0) is 54.0. The van der Waals surface area contributed by atoms with Gasteiger partial charge in [-0.2, -0.15) is 0 Å². The fourth-order valence-corrected chi connectivity index (χ4v) is 11.5. The lowest BCUT2D eigenvalue weighted by molar-refractivity contribution is -0.159. The van der Waals surface area contributed by atoms with Crippen molar-refractivity contribution in [3.05, 3.63) is 45.4 Å². The van der Waals surface area contributed by atoms with E-state index in [4.69, 9.17) is 73.9 Å². The highest BCUT2D eigenvalue weighted by atomic mass is 35.5. The second-order valence-corrected chi connectivity index (χ2v) is 21.7. The summed E-state index contributed by atoms with van der Waals surface area (Å²) in [6.07, 6.45) is 13.8. The molecule has 0 radical (unpaired) electrons. The van der Waals surface area contributed by atoms with Gasteiger partial charge in [0, 0.05) is 78.0 Å². The summed E-state index contributed by atoms with van der Waals surface area (Å²) >= 11 is 11.8. The Morgan fingerprint density at radius 2 is 1.04 bits per heavy atom. The number of carboxylic acid groups (broad SMARTS) is 1. The number of hydrogen-bond acceptors (Lipinski definition) is 17. The molecule has 8 aliphatic heterocycles. The number of nitrogens with zero attached hydrogens (tertiary/aromatic N) is 4. The Labute approximate surface area is 453 Å². The van der Waals surface area contributed by atoms with Gasteiger partial charge in [-0.05, 0) is 134 Å². The molecule has 19 nitrogen and oxygen atoms in total. The summed E-state index contributed by atoms with van der Waals surface area (Å²) in [5, 5.41) is 12.3. The number of nitrogen functional groups attached to an aromatic ring is 2. The number of methoxy groups -OCH3 is 4. The van der Waals surface area contributed by atoms with E-state index in [1.807, 2.05) is 0 Å². The number of esters is 2. The van der Waals surface area contributed by atoms with Crippen LogP contribution in [0.2, 0.25) is 10.0 Å². The third-order valence-corrected chi connectivity index (χ3v) is 16.5. The Bertz CT molecular complexity index is 2160. The lowest BCUT2D eigenvalue weighted by Gasteiger charge is -2.43. The third kappa shape index (κ3) is 17.9. The van der Waals surface area contributed by atoms with Crippen LogP contribution in [0.4, 0.5) is 11.4 Å². The summed E-state index contributed by atoms with van der Waals surface area (Å²) < 4.78 is 32.9. The molecule has 0 aliphatic carbocycles. The topological polar surface area (TPSA) is 247 Å². The number of nitrogens with two attached hydrogens (primary N) is 3. The maximum atomic E-state index is 13.0. The minimum atomic E-state index is -1.10. The van der Waals surface area contributed by atoms with E-state index in [-0.39, 0.29) is 70.7 Å². The van der Waals surface area contributed by atoms with E-state index in [1.54, 1.807) is 20.3 Å². The zero-order valence-corrected chi connectivity index (χ0v) is 46.1. The molecule has 75 heavy (non-hydrogen) atoms. The average molecular weight is 1090 g/mol. The normalized spacial score (nSPS) is 27.2. The lowest BCUT2D eigenvalue weighted by Crippen LogP contribution is -2.54. The SMILES string of the molecule is COC1CN(CCCCCC(=O)OC2CN3CCC2CC3)CCC1N.COc1cc(N)c(Cl)cc1C(=O)NC1CCN(CCCCCC(=O)OC2CN3CCC2CC3)CC1OC.COc1cc(N)c(Cl)cc1C(=O)O. The highest BCUT2D eigenvalue weighted by Gasteiger charge is 2.38. The Kier molecular flexibility index (Phi) is 24.1. The lowest BCUT2D eigenvalue weighted by atomic mass is 9.86. The number of carbonyl (C=O) groups excluding carboxylic acids is 3. The molecular formula is C54H84Cl2N8O11. The number of benzene rings is 2.